The molecular formula is C14H19N3O3S. The average Bonchev–Trinajstić information content (AvgIpc) is 3.14. The van der Waals surface area contributed by atoms with Gasteiger partial charge < -0.3 is 15.7 Å². The Bertz CT molecular complexity index is 520. The number of urea groups is 1. The molecule has 3 heterocycles. The Labute approximate surface area is 127 Å². The number of fused-ring (bicyclic) bond motifs is 1. The van der Waals surface area contributed by atoms with Crippen LogP contribution in [0.3, 0.4) is 0 Å². The van der Waals surface area contributed by atoms with Crippen LogP contribution in [0.15, 0.2) is 17.5 Å². The molecule has 0 saturated carbocycles. The van der Waals surface area contributed by atoms with E-state index in [4.69, 9.17) is 0 Å². The van der Waals surface area contributed by atoms with Crippen LogP contribution in [0, 0.1) is 0 Å². The molecule has 3 unspecified atom stereocenters. The second-order valence-electron chi connectivity index (χ2n) is 5.55. The van der Waals surface area contributed by atoms with Crippen molar-refractivity contribution in [3.05, 3.63) is 22.4 Å². The maximum absolute atomic E-state index is 12.1. The van der Waals surface area contributed by atoms with Gasteiger partial charge in [0.05, 0.1) is 0 Å². The Hall–Kier alpha value is -1.60. The molecule has 0 bridgehead atoms. The van der Waals surface area contributed by atoms with Crippen LogP contribution >= 0.6 is 11.3 Å². The molecule has 2 saturated heterocycles. The Balaban J connectivity index is 1.59. The van der Waals surface area contributed by atoms with Crippen LogP contribution in [0.25, 0.3) is 0 Å². The third-order valence-electron chi connectivity index (χ3n) is 4.27. The highest BCUT2D eigenvalue weighted by molar-refractivity contribution is 7.10. The third-order valence-corrected chi connectivity index (χ3v) is 5.21. The van der Waals surface area contributed by atoms with E-state index in [9.17, 15) is 14.7 Å². The van der Waals surface area contributed by atoms with Crippen LogP contribution < -0.4 is 10.6 Å². The highest BCUT2D eigenvalue weighted by Crippen LogP contribution is 2.28. The van der Waals surface area contributed by atoms with E-state index in [1.165, 1.54) is 17.8 Å². The Kier molecular flexibility index (Phi) is 4.12. The van der Waals surface area contributed by atoms with Gasteiger partial charge in [0, 0.05) is 23.5 Å². The summed E-state index contributed by atoms with van der Waals surface area (Å²) in [4.78, 5) is 26.4. The van der Waals surface area contributed by atoms with Gasteiger partial charge in [0.2, 0.25) is 0 Å². The van der Waals surface area contributed by atoms with E-state index in [2.05, 4.69) is 15.5 Å². The fourth-order valence-electron chi connectivity index (χ4n) is 3.30. The van der Waals surface area contributed by atoms with Crippen molar-refractivity contribution in [3.8, 4) is 0 Å². The second kappa shape index (κ2) is 6.03. The van der Waals surface area contributed by atoms with Crippen molar-refractivity contribution in [2.75, 3.05) is 13.1 Å². The van der Waals surface area contributed by atoms with Gasteiger partial charge in [0.15, 0.2) is 6.04 Å². The topological polar surface area (TPSA) is 81.7 Å². The summed E-state index contributed by atoms with van der Waals surface area (Å²) in [5.74, 6) is -1.04. The van der Waals surface area contributed by atoms with Gasteiger partial charge in [-0.1, -0.05) is 6.07 Å². The monoisotopic (exact) mass is 309 g/mol. The minimum absolute atomic E-state index is 0.130. The van der Waals surface area contributed by atoms with Gasteiger partial charge in [-0.3, -0.25) is 4.90 Å². The number of carbonyl (C=O) groups is 2. The van der Waals surface area contributed by atoms with E-state index in [0.717, 1.165) is 25.9 Å². The number of carboxylic acid groups (broad SMARTS) is 1. The Morgan fingerprint density at radius 2 is 2.24 bits per heavy atom. The van der Waals surface area contributed by atoms with Crippen molar-refractivity contribution >= 4 is 23.3 Å². The molecule has 2 aliphatic rings. The highest BCUT2D eigenvalue weighted by Gasteiger charge is 2.38. The van der Waals surface area contributed by atoms with Crippen molar-refractivity contribution in [1.82, 2.24) is 15.5 Å². The first-order valence-corrected chi connectivity index (χ1v) is 8.10. The Morgan fingerprint density at radius 1 is 1.38 bits per heavy atom. The summed E-state index contributed by atoms with van der Waals surface area (Å²) in [6.45, 7) is 2.13. The summed E-state index contributed by atoms with van der Waals surface area (Å²) in [7, 11) is 0. The molecule has 1 aromatic rings. The van der Waals surface area contributed by atoms with Gasteiger partial charge in [-0.15, -0.1) is 11.3 Å². The SMILES string of the molecule is O=C(NC(C(=O)O)c1cccs1)NC1CCN2CCCC12. The number of nitrogens with one attached hydrogen (secondary N) is 2. The molecule has 3 N–H and O–H groups in total. The van der Waals surface area contributed by atoms with Gasteiger partial charge >= 0.3 is 12.0 Å². The van der Waals surface area contributed by atoms with Crippen LogP contribution in [0.4, 0.5) is 4.79 Å². The number of nitrogens with zero attached hydrogens (tertiary/aromatic N) is 1. The van der Waals surface area contributed by atoms with Gasteiger partial charge in [0.1, 0.15) is 0 Å². The van der Waals surface area contributed by atoms with Crippen LogP contribution in [0.2, 0.25) is 0 Å². The van der Waals surface area contributed by atoms with Crippen LogP contribution in [-0.4, -0.2) is 47.2 Å². The van der Waals surface area contributed by atoms with Crippen molar-refractivity contribution in [1.29, 1.82) is 0 Å². The van der Waals surface area contributed by atoms with Crippen molar-refractivity contribution in [2.45, 2.75) is 37.4 Å². The van der Waals surface area contributed by atoms with E-state index in [1.54, 1.807) is 17.5 Å². The lowest BCUT2D eigenvalue weighted by Gasteiger charge is -2.22. The summed E-state index contributed by atoms with van der Waals surface area (Å²) in [6.07, 6.45) is 3.23. The van der Waals surface area contributed by atoms with Gasteiger partial charge in [-0.25, -0.2) is 9.59 Å². The second-order valence-corrected chi connectivity index (χ2v) is 6.52. The molecule has 1 aromatic heterocycles. The molecule has 7 heteroatoms. The lowest BCUT2D eigenvalue weighted by Crippen LogP contribution is -2.48. The average molecular weight is 309 g/mol. The summed E-state index contributed by atoms with van der Waals surface area (Å²) < 4.78 is 0. The maximum Gasteiger partial charge on any atom is 0.331 e. The number of carbonyl (C=O) groups excluding carboxylic acids is 1. The number of rotatable bonds is 4. The number of hydrogen-bond donors (Lipinski definition) is 3. The molecule has 0 aliphatic carbocycles. The standard InChI is InChI=1S/C14H19N3O3S/c18-13(19)12(11-4-2-8-21-11)16-14(20)15-9-5-7-17-6-1-3-10(9)17/h2,4,8-10,12H,1,3,5-7H2,(H,18,19)(H2,15,16,20). The first-order valence-electron chi connectivity index (χ1n) is 7.22. The molecule has 2 aliphatic heterocycles. The molecule has 2 fully saturated rings. The molecular weight excluding hydrogens is 290 g/mol. The fraction of sp³-hybridized carbons (Fsp3) is 0.571. The van der Waals surface area contributed by atoms with E-state index in [0.29, 0.717) is 10.9 Å². The first kappa shape index (κ1) is 14.3. The summed E-state index contributed by atoms with van der Waals surface area (Å²) >= 11 is 1.33. The van der Waals surface area contributed by atoms with Crippen molar-refractivity contribution in [3.63, 3.8) is 0 Å². The minimum Gasteiger partial charge on any atom is -0.479 e. The lowest BCUT2D eigenvalue weighted by molar-refractivity contribution is -0.139. The van der Waals surface area contributed by atoms with E-state index >= 15 is 0 Å². The lowest BCUT2D eigenvalue weighted by atomic mass is 10.1. The van der Waals surface area contributed by atoms with Crippen LogP contribution in [0.5, 0.6) is 0 Å². The normalized spacial score (nSPS) is 26.3. The molecule has 0 radical (unpaired) electrons. The number of carboxylic acids is 1. The van der Waals surface area contributed by atoms with E-state index in [-0.39, 0.29) is 6.04 Å². The fourth-order valence-corrected chi connectivity index (χ4v) is 4.07. The van der Waals surface area contributed by atoms with Crippen LogP contribution in [0.1, 0.15) is 30.2 Å². The zero-order valence-corrected chi connectivity index (χ0v) is 12.4. The van der Waals surface area contributed by atoms with Crippen molar-refractivity contribution < 1.29 is 14.7 Å². The quantitative estimate of drug-likeness (QED) is 0.785. The largest absolute Gasteiger partial charge is 0.479 e. The van der Waals surface area contributed by atoms with Gasteiger partial charge in [-0.05, 0) is 37.3 Å². The summed E-state index contributed by atoms with van der Waals surface area (Å²) in [5, 5.41) is 16.6. The predicted octanol–water partition coefficient (Wildman–Crippen LogP) is 1.41. The van der Waals surface area contributed by atoms with E-state index in [1.807, 2.05) is 0 Å². The number of thiophene rings is 1. The zero-order valence-electron chi connectivity index (χ0n) is 11.6. The zero-order chi connectivity index (χ0) is 14.8. The number of amides is 2. The summed E-state index contributed by atoms with van der Waals surface area (Å²) in [5.41, 5.74) is 0. The number of hydrogen-bond acceptors (Lipinski definition) is 4. The molecule has 0 spiro atoms. The number of aliphatic carboxylic acids is 1. The molecule has 2 amide bonds. The molecule has 3 atom stereocenters. The third kappa shape index (κ3) is 3.03. The van der Waals surface area contributed by atoms with Crippen LogP contribution in [-0.2, 0) is 4.79 Å². The molecule has 0 aromatic carbocycles. The smallest absolute Gasteiger partial charge is 0.331 e. The predicted molar refractivity (Wildman–Crippen MR) is 79.4 cm³/mol. The highest BCUT2D eigenvalue weighted by atomic mass is 32.1. The molecule has 21 heavy (non-hydrogen) atoms. The first-order chi connectivity index (χ1) is 10.1. The maximum atomic E-state index is 12.1. The Morgan fingerprint density at radius 3 is 2.95 bits per heavy atom. The summed E-state index contributed by atoms with van der Waals surface area (Å²) in [6, 6.07) is 2.67. The van der Waals surface area contributed by atoms with E-state index < -0.39 is 18.0 Å². The molecule has 3 rings (SSSR count). The van der Waals surface area contributed by atoms with Gasteiger partial charge in [-0.2, -0.15) is 0 Å². The molecule has 114 valence electrons. The van der Waals surface area contributed by atoms with Gasteiger partial charge in [0.25, 0.3) is 0 Å². The minimum atomic E-state index is -1.04. The van der Waals surface area contributed by atoms with Crippen molar-refractivity contribution in [2.24, 2.45) is 0 Å². The molecule has 6 nitrogen and oxygen atoms in total.